The summed E-state index contributed by atoms with van der Waals surface area (Å²) in [5, 5.41) is 7.70. The van der Waals surface area contributed by atoms with Gasteiger partial charge in [0.05, 0.1) is 43.2 Å². The van der Waals surface area contributed by atoms with Crippen molar-refractivity contribution in [2.24, 2.45) is 11.3 Å². The molecule has 14 heteroatoms. The summed E-state index contributed by atoms with van der Waals surface area (Å²) in [7, 11) is -8.08. The van der Waals surface area contributed by atoms with E-state index in [1.54, 1.807) is 27.7 Å². The van der Waals surface area contributed by atoms with E-state index in [0.717, 1.165) is 32.1 Å². The number of carbonyl (C=O) groups is 1. The summed E-state index contributed by atoms with van der Waals surface area (Å²) in [6, 6.07) is 10.8. The fourth-order valence-electron chi connectivity index (χ4n) is 8.05. The minimum Gasteiger partial charge on any atom is -0.382 e. The number of carbonyl (C=O) groups excluding carboxylic acids is 1. The fraction of sp³-hybridized carbons (Fsp3) is 0.622. The van der Waals surface area contributed by atoms with Gasteiger partial charge in [0.15, 0.2) is 10.5 Å². The standard InChI is InChI=1S/C37H56FN3O7P2S/c1-9-45-49(43,46-10-2)33(50(44,47-11-3)48-12-4)24-39-30-18-16-28(38)23-31(30)40-35(51)41-34(42)37(8)21-13-20-36(7)29-17-14-26(25(5)6)22-27(29)15-19-32(36)37/h14,16-18,22-23,25,32-33,39H,9-13,15,19-21,24H2,1-8H3,(H2,40,41,42,51)/t32-,36-,37-/m1/s1. The maximum atomic E-state index is 14.6. The zero-order valence-corrected chi connectivity index (χ0v) is 33.9. The van der Waals surface area contributed by atoms with E-state index in [4.69, 9.17) is 30.3 Å². The first-order valence-electron chi connectivity index (χ1n) is 18.2. The SMILES string of the molecule is CCOP(=O)(OCC)C(CNc1ccc(F)cc1NC(=S)NC(=O)[C@]1(C)CCC[C@]2(C)c3ccc(C(C)C)cc3CC[C@@H]12)P(=O)(OCC)OCC. The van der Waals surface area contributed by atoms with Gasteiger partial charge in [-0.25, -0.2) is 4.39 Å². The zero-order valence-electron chi connectivity index (χ0n) is 31.3. The first kappa shape index (κ1) is 41.6. The van der Waals surface area contributed by atoms with Crippen LogP contribution >= 0.6 is 27.4 Å². The van der Waals surface area contributed by atoms with Crippen LogP contribution in [-0.4, -0.2) is 49.4 Å². The minimum atomic E-state index is -4.04. The second-order valence-electron chi connectivity index (χ2n) is 14.1. The molecule has 1 saturated carbocycles. The highest BCUT2D eigenvalue weighted by molar-refractivity contribution is 7.80. The molecule has 0 unspecified atom stereocenters. The van der Waals surface area contributed by atoms with Gasteiger partial charge < -0.3 is 34.0 Å². The van der Waals surface area contributed by atoms with E-state index in [-0.39, 0.29) is 61.0 Å². The quantitative estimate of drug-likeness (QED) is 0.112. The Labute approximate surface area is 308 Å². The zero-order chi connectivity index (χ0) is 37.6. The number of benzene rings is 2. The van der Waals surface area contributed by atoms with E-state index in [2.05, 4.69) is 54.9 Å². The number of halogens is 1. The number of rotatable bonds is 16. The molecule has 2 aliphatic rings. The molecule has 2 aliphatic carbocycles. The number of hydrogen-bond acceptors (Lipinski definition) is 9. The molecule has 1 amide bonds. The average Bonchev–Trinajstić information content (AvgIpc) is 3.05. The number of aryl methyl sites for hydroxylation is 1. The fourth-order valence-corrected chi connectivity index (χ4v) is 13.3. The molecule has 3 N–H and O–H groups in total. The molecule has 0 aromatic heterocycles. The van der Waals surface area contributed by atoms with Crippen LogP contribution < -0.4 is 16.0 Å². The Balaban J connectivity index is 1.55. The van der Waals surface area contributed by atoms with Gasteiger partial charge in [-0.2, -0.15) is 0 Å². The van der Waals surface area contributed by atoms with E-state index in [1.807, 2.05) is 6.92 Å². The summed E-state index contributed by atoms with van der Waals surface area (Å²) in [6.07, 6.45) is 4.46. The van der Waals surface area contributed by atoms with Crippen LogP contribution in [0, 0.1) is 17.2 Å². The Morgan fingerprint density at radius 3 is 2.10 bits per heavy atom. The van der Waals surface area contributed by atoms with Crippen LogP contribution in [0.1, 0.15) is 104 Å². The lowest BCUT2D eigenvalue weighted by atomic mass is 9.49. The molecule has 0 bridgehead atoms. The van der Waals surface area contributed by atoms with Crippen molar-refractivity contribution in [1.82, 2.24) is 5.32 Å². The van der Waals surface area contributed by atoms with Crippen LogP contribution in [0.25, 0.3) is 0 Å². The van der Waals surface area contributed by atoms with E-state index < -0.39 is 31.8 Å². The number of anilines is 2. The number of hydrogen-bond donors (Lipinski definition) is 3. The van der Waals surface area contributed by atoms with Crippen LogP contribution in [0.2, 0.25) is 0 Å². The first-order valence-corrected chi connectivity index (χ1v) is 21.8. The van der Waals surface area contributed by atoms with E-state index in [0.29, 0.717) is 11.6 Å². The third kappa shape index (κ3) is 8.97. The normalized spacial score (nSPS) is 22.0. The average molecular weight is 768 g/mol. The topological polar surface area (TPSA) is 124 Å². The lowest BCUT2D eigenvalue weighted by Gasteiger charge is -2.54. The second-order valence-corrected chi connectivity index (χ2v) is 19.3. The highest BCUT2D eigenvalue weighted by Crippen LogP contribution is 2.70. The smallest absolute Gasteiger partial charge is 0.347 e. The van der Waals surface area contributed by atoms with Crippen LogP contribution in [0.3, 0.4) is 0 Å². The molecule has 2 aromatic rings. The van der Waals surface area contributed by atoms with Crippen LogP contribution in [0.5, 0.6) is 0 Å². The highest BCUT2D eigenvalue weighted by atomic mass is 32.1. The van der Waals surface area contributed by atoms with Crippen molar-refractivity contribution in [3.8, 4) is 0 Å². The monoisotopic (exact) mass is 767 g/mol. The molecule has 0 aliphatic heterocycles. The molecule has 0 radical (unpaired) electrons. The summed E-state index contributed by atoms with van der Waals surface area (Å²) in [6.45, 7) is 15.3. The van der Waals surface area contributed by atoms with Gasteiger partial charge in [-0.3, -0.25) is 13.9 Å². The molecule has 3 atom stereocenters. The Hall–Kier alpha value is -2.17. The van der Waals surface area contributed by atoms with Gasteiger partial charge >= 0.3 is 15.2 Å². The summed E-state index contributed by atoms with van der Waals surface area (Å²) in [5.74, 6) is -0.160. The van der Waals surface area contributed by atoms with Crippen molar-refractivity contribution in [2.45, 2.75) is 104 Å². The maximum absolute atomic E-state index is 14.6. The lowest BCUT2D eigenvalue weighted by Crippen LogP contribution is -2.56. The molecule has 284 valence electrons. The van der Waals surface area contributed by atoms with E-state index in [9.17, 15) is 18.3 Å². The number of nitrogens with one attached hydrogen (secondary N) is 3. The van der Waals surface area contributed by atoms with E-state index in [1.165, 1.54) is 34.9 Å². The van der Waals surface area contributed by atoms with Crippen LogP contribution in [0.15, 0.2) is 36.4 Å². The molecule has 10 nitrogen and oxygen atoms in total. The molecule has 2 aromatic carbocycles. The molecule has 1 fully saturated rings. The second kappa shape index (κ2) is 17.3. The predicted octanol–water partition coefficient (Wildman–Crippen LogP) is 9.74. The highest BCUT2D eigenvalue weighted by Gasteiger charge is 2.55. The Bertz CT molecular complexity index is 1610. The summed E-state index contributed by atoms with van der Waals surface area (Å²) < 4.78 is 65.0. The van der Waals surface area contributed by atoms with Crippen molar-refractivity contribution in [1.29, 1.82) is 0 Å². The maximum Gasteiger partial charge on any atom is 0.347 e. The van der Waals surface area contributed by atoms with Gasteiger partial charge in [0, 0.05) is 6.54 Å². The molecular formula is C37H56FN3O7P2S. The Morgan fingerprint density at radius 2 is 1.53 bits per heavy atom. The van der Waals surface area contributed by atoms with Crippen molar-refractivity contribution < 1.29 is 36.4 Å². The number of fused-ring (bicyclic) bond motifs is 3. The molecular weight excluding hydrogens is 711 g/mol. The Morgan fingerprint density at radius 1 is 0.922 bits per heavy atom. The molecule has 4 rings (SSSR count). The van der Waals surface area contributed by atoms with Crippen molar-refractivity contribution in [2.75, 3.05) is 43.6 Å². The van der Waals surface area contributed by atoms with Gasteiger partial charge in [-0.15, -0.1) is 0 Å². The summed E-state index contributed by atoms with van der Waals surface area (Å²) in [4.78, 5) is 14.2. The van der Waals surface area contributed by atoms with Crippen molar-refractivity contribution in [3.05, 3.63) is 58.9 Å². The van der Waals surface area contributed by atoms with Gasteiger partial charge in [0.2, 0.25) is 5.91 Å². The van der Waals surface area contributed by atoms with Gasteiger partial charge in [-0.05, 0) is 118 Å². The molecule has 0 heterocycles. The van der Waals surface area contributed by atoms with Gasteiger partial charge in [0.25, 0.3) is 0 Å². The van der Waals surface area contributed by atoms with Crippen molar-refractivity contribution >= 4 is 49.8 Å². The number of amides is 1. The van der Waals surface area contributed by atoms with Crippen LogP contribution in [-0.2, 0) is 43.9 Å². The molecule has 51 heavy (non-hydrogen) atoms. The van der Waals surface area contributed by atoms with Gasteiger partial charge in [-0.1, -0.05) is 52.3 Å². The summed E-state index contributed by atoms with van der Waals surface area (Å²) in [5.41, 5.74) is 3.79. The van der Waals surface area contributed by atoms with Crippen molar-refractivity contribution in [3.63, 3.8) is 0 Å². The lowest BCUT2D eigenvalue weighted by molar-refractivity contribution is -0.137. The Kier molecular flexibility index (Phi) is 14.1. The van der Waals surface area contributed by atoms with E-state index >= 15 is 0 Å². The third-order valence-corrected chi connectivity index (χ3v) is 16.7. The first-order chi connectivity index (χ1) is 24.1. The predicted molar refractivity (Wildman–Crippen MR) is 206 cm³/mol. The molecule has 0 saturated heterocycles. The third-order valence-electron chi connectivity index (χ3n) is 10.5. The largest absolute Gasteiger partial charge is 0.382 e. The minimum absolute atomic E-state index is 0.0140. The number of thiocarbonyl (C=S) groups is 1. The van der Waals surface area contributed by atoms with Crippen LogP contribution in [0.4, 0.5) is 15.8 Å². The summed E-state index contributed by atoms with van der Waals surface area (Å²) >= 11 is 5.64. The molecule has 0 spiro atoms. The van der Waals surface area contributed by atoms with Gasteiger partial charge in [0.1, 0.15) is 5.82 Å².